The van der Waals surface area contributed by atoms with Crippen LogP contribution in [0.3, 0.4) is 0 Å². The predicted octanol–water partition coefficient (Wildman–Crippen LogP) is 1.89. The molecule has 8 heavy (non-hydrogen) atoms. The molecule has 0 aromatic carbocycles. The first-order valence-electron chi connectivity index (χ1n) is 2.44. The largest absolute Gasteiger partial charge is 0.344 e. The molecule has 0 saturated heterocycles. The van der Waals surface area contributed by atoms with E-state index in [1.807, 2.05) is 6.92 Å². The molecular weight excluding hydrogens is 126 g/mol. The Bertz CT molecular complexity index is 173. The van der Waals surface area contributed by atoms with Crippen molar-refractivity contribution in [3.63, 3.8) is 0 Å². The molecule has 3 heteroatoms. The minimum atomic E-state index is 0.363. The molecular formula is C5H6ClNO. The van der Waals surface area contributed by atoms with E-state index >= 15 is 0 Å². The fourth-order valence-corrected chi connectivity index (χ4v) is 0.613. The lowest BCUT2D eigenvalue weighted by atomic mass is 10.4. The van der Waals surface area contributed by atoms with Crippen LogP contribution in [0.15, 0.2) is 10.6 Å². The molecule has 0 spiro atoms. The Balaban J connectivity index is 2.84. The van der Waals surface area contributed by atoms with Crippen molar-refractivity contribution in [1.29, 1.82) is 0 Å². The lowest BCUT2D eigenvalue weighted by Gasteiger charge is -1.74. The summed E-state index contributed by atoms with van der Waals surface area (Å²) in [6, 6.07) is 1.71. The molecule has 0 atom stereocenters. The number of nitrogens with zero attached hydrogens (tertiary/aromatic N) is 1. The molecule has 0 radical (unpaired) electrons. The van der Waals surface area contributed by atoms with Crippen LogP contribution in [0.1, 0.15) is 12.6 Å². The summed E-state index contributed by atoms with van der Waals surface area (Å²) in [7, 11) is 0. The minimum Gasteiger partial charge on any atom is -0.344 e. The average Bonchev–Trinajstić information content (AvgIpc) is 2.14. The number of halogens is 1. The van der Waals surface area contributed by atoms with Crippen LogP contribution in [-0.2, 0) is 6.42 Å². The molecule has 0 fully saturated rings. The van der Waals surface area contributed by atoms with E-state index in [0.29, 0.717) is 5.22 Å². The van der Waals surface area contributed by atoms with Crippen LogP contribution in [0.5, 0.6) is 0 Å². The molecule has 0 aliphatic rings. The molecule has 0 aliphatic carbocycles. The maximum Gasteiger partial charge on any atom is 0.226 e. The highest BCUT2D eigenvalue weighted by Crippen LogP contribution is 2.08. The summed E-state index contributed by atoms with van der Waals surface area (Å²) in [4.78, 5) is 0. The van der Waals surface area contributed by atoms with E-state index in [9.17, 15) is 0 Å². The Kier molecular flexibility index (Phi) is 1.53. The first kappa shape index (κ1) is 5.63. The maximum absolute atomic E-state index is 5.41. The highest BCUT2D eigenvalue weighted by atomic mass is 35.5. The zero-order valence-electron chi connectivity index (χ0n) is 4.52. The second-order valence-corrected chi connectivity index (χ2v) is 1.85. The molecule has 1 aromatic heterocycles. The summed E-state index contributed by atoms with van der Waals surface area (Å²) in [5, 5.41) is 3.99. The van der Waals surface area contributed by atoms with Gasteiger partial charge in [-0.3, -0.25) is 0 Å². The van der Waals surface area contributed by atoms with Gasteiger partial charge in [0, 0.05) is 6.07 Å². The zero-order valence-corrected chi connectivity index (χ0v) is 5.27. The Labute approximate surface area is 52.4 Å². The number of rotatable bonds is 1. The topological polar surface area (TPSA) is 26.0 Å². The van der Waals surface area contributed by atoms with Crippen LogP contribution in [0.2, 0.25) is 5.22 Å². The molecule has 1 aromatic rings. The average molecular weight is 132 g/mol. The number of aromatic nitrogens is 1. The molecule has 44 valence electrons. The van der Waals surface area contributed by atoms with Crippen LogP contribution in [0.25, 0.3) is 0 Å². The molecule has 1 rings (SSSR count). The molecule has 2 nitrogen and oxygen atoms in total. The van der Waals surface area contributed by atoms with Gasteiger partial charge in [0.25, 0.3) is 0 Å². The van der Waals surface area contributed by atoms with Crippen molar-refractivity contribution in [3.05, 3.63) is 17.0 Å². The smallest absolute Gasteiger partial charge is 0.226 e. The molecule has 0 unspecified atom stereocenters. The Morgan fingerprint density at radius 2 is 2.62 bits per heavy atom. The van der Waals surface area contributed by atoms with Crippen molar-refractivity contribution in [3.8, 4) is 0 Å². The van der Waals surface area contributed by atoms with Crippen LogP contribution in [-0.4, -0.2) is 5.16 Å². The Morgan fingerprint density at radius 3 is 2.88 bits per heavy atom. The normalized spacial score (nSPS) is 9.75. The molecule has 1 heterocycles. The van der Waals surface area contributed by atoms with E-state index < -0.39 is 0 Å². The quantitative estimate of drug-likeness (QED) is 0.582. The molecule has 0 N–H and O–H groups in total. The zero-order chi connectivity index (χ0) is 5.98. The predicted molar refractivity (Wildman–Crippen MR) is 30.9 cm³/mol. The summed E-state index contributed by atoms with van der Waals surface area (Å²) in [6.07, 6.45) is 0.871. The lowest BCUT2D eigenvalue weighted by Crippen LogP contribution is -1.73. The van der Waals surface area contributed by atoms with Crippen LogP contribution < -0.4 is 0 Å². The molecule has 0 bridgehead atoms. The van der Waals surface area contributed by atoms with Crippen molar-refractivity contribution >= 4 is 11.6 Å². The van der Waals surface area contributed by atoms with Gasteiger partial charge in [-0.15, -0.1) is 0 Å². The van der Waals surface area contributed by atoms with Gasteiger partial charge in [0.1, 0.15) is 0 Å². The summed E-state index contributed by atoms with van der Waals surface area (Å²) in [5.74, 6) is 0. The Morgan fingerprint density at radius 1 is 1.88 bits per heavy atom. The third-order valence-electron chi connectivity index (χ3n) is 0.892. The van der Waals surface area contributed by atoms with Crippen LogP contribution in [0.4, 0.5) is 0 Å². The second kappa shape index (κ2) is 2.18. The van der Waals surface area contributed by atoms with Crippen molar-refractivity contribution in [1.82, 2.24) is 5.16 Å². The molecule has 0 aliphatic heterocycles. The number of hydrogen-bond donors (Lipinski definition) is 0. The third-order valence-corrected chi connectivity index (χ3v) is 1.07. The van der Waals surface area contributed by atoms with E-state index in [0.717, 1.165) is 12.1 Å². The Hall–Kier alpha value is -0.500. The monoisotopic (exact) mass is 131 g/mol. The van der Waals surface area contributed by atoms with E-state index in [-0.39, 0.29) is 0 Å². The maximum atomic E-state index is 5.41. The highest BCUT2D eigenvalue weighted by Gasteiger charge is 1.95. The van der Waals surface area contributed by atoms with Crippen molar-refractivity contribution in [2.24, 2.45) is 0 Å². The van der Waals surface area contributed by atoms with E-state index in [2.05, 4.69) is 9.68 Å². The standard InChI is InChI=1S/C5H6ClNO/c1-2-4-3-5(6)8-7-4/h3H,2H2,1H3. The van der Waals surface area contributed by atoms with E-state index in [1.54, 1.807) is 6.07 Å². The molecule has 0 amide bonds. The first-order valence-corrected chi connectivity index (χ1v) is 2.82. The third kappa shape index (κ3) is 1.01. The highest BCUT2D eigenvalue weighted by molar-refractivity contribution is 6.28. The van der Waals surface area contributed by atoms with Crippen molar-refractivity contribution in [2.45, 2.75) is 13.3 Å². The van der Waals surface area contributed by atoms with E-state index in [1.165, 1.54) is 0 Å². The van der Waals surface area contributed by atoms with Gasteiger partial charge in [-0.1, -0.05) is 12.1 Å². The fraction of sp³-hybridized carbons (Fsp3) is 0.400. The van der Waals surface area contributed by atoms with Gasteiger partial charge < -0.3 is 4.52 Å². The summed E-state index contributed by atoms with van der Waals surface area (Å²) in [6.45, 7) is 1.99. The van der Waals surface area contributed by atoms with Gasteiger partial charge in [-0.2, -0.15) is 0 Å². The van der Waals surface area contributed by atoms with Crippen molar-refractivity contribution in [2.75, 3.05) is 0 Å². The number of aryl methyl sites for hydroxylation is 1. The van der Waals surface area contributed by atoms with Gasteiger partial charge in [0.15, 0.2) is 0 Å². The summed E-state index contributed by atoms with van der Waals surface area (Å²) in [5.41, 5.74) is 0.898. The van der Waals surface area contributed by atoms with Gasteiger partial charge >= 0.3 is 0 Å². The summed E-state index contributed by atoms with van der Waals surface area (Å²) < 4.78 is 4.57. The van der Waals surface area contributed by atoms with Gasteiger partial charge in [-0.05, 0) is 18.0 Å². The minimum absolute atomic E-state index is 0.363. The first-order chi connectivity index (χ1) is 3.83. The van der Waals surface area contributed by atoms with E-state index in [4.69, 9.17) is 11.6 Å². The fourth-order valence-electron chi connectivity index (χ4n) is 0.453. The van der Waals surface area contributed by atoms with Gasteiger partial charge in [-0.25, -0.2) is 0 Å². The second-order valence-electron chi connectivity index (χ2n) is 1.48. The number of hydrogen-bond acceptors (Lipinski definition) is 2. The van der Waals surface area contributed by atoms with Crippen LogP contribution in [0, 0.1) is 0 Å². The summed E-state index contributed by atoms with van der Waals surface area (Å²) >= 11 is 5.41. The van der Waals surface area contributed by atoms with Crippen LogP contribution >= 0.6 is 11.6 Å². The van der Waals surface area contributed by atoms with Crippen molar-refractivity contribution < 1.29 is 4.52 Å². The SMILES string of the molecule is CCc1cc(Cl)on1. The lowest BCUT2D eigenvalue weighted by molar-refractivity contribution is 0.414. The molecule has 0 saturated carbocycles. The van der Waals surface area contributed by atoms with Gasteiger partial charge in [0.05, 0.1) is 5.69 Å². The van der Waals surface area contributed by atoms with Gasteiger partial charge in [0.2, 0.25) is 5.22 Å².